The highest BCUT2D eigenvalue weighted by Gasteiger charge is 2.15. The van der Waals surface area contributed by atoms with Crippen LogP contribution in [-0.4, -0.2) is 33.8 Å². The second-order valence-electron chi connectivity index (χ2n) is 5.71. The number of para-hydroxylation sites is 1. The first-order valence-corrected chi connectivity index (χ1v) is 8.79. The maximum Gasteiger partial charge on any atom is 0.246 e. The minimum Gasteiger partial charge on any atom is -0.497 e. The molecule has 0 amide bonds. The average Bonchev–Trinajstić information content (AvgIpc) is 3.17. The summed E-state index contributed by atoms with van der Waals surface area (Å²) in [7, 11) is 1.63. The molecule has 0 radical (unpaired) electrons. The Hall–Kier alpha value is -3.19. The third kappa shape index (κ3) is 4.92. The Balaban J connectivity index is 1.70. The molecule has 0 saturated carbocycles. The fraction of sp³-hybridized carbons (Fsp3) is 0.150. The molecule has 0 aliphatic heterocycles. The number of methoxy groups -OCH3 is 1. The van der Waals surface area contributed by atoms with Crippen molar-refractivity contribution in [3.05, 3.63) is 73.1 Å². The van der Waals surface area contributed by atoms with Gasteiger partial charge in [-0.05, 0) is 48.6 Å². The average molecular weight is 380 g/mol. The van der Waals surface area contributed by atoms with Gasteiger partial charge in [0.25, 0.3) is 0 Å². The zero-order valence-electron chi connectivity index (χ0n) is 15.0. The summed E-state index contributed by atoms with van der Waals surface area (Å²) in [5.41, 5.74) is 1.77. The molecule has 0 fully saturated rings. The van der Waals surface area contributed by atoms with Crippen molar-refractivity contribution in [3.8, 4) is 17.1 Å². The number of aromatic nitrogens is 2. The van der Waals surface area contributed by atoms with Crippen molar-refractivity contribution in [1.29, 1.82) is 0 Å². The van der Waals surface area contributed by atoms with E-state index < -0.39 is 0 Å². The lowest BCUT2D eigenvalue weighted by Gasteiger charge is -2.22. The summed E-state index contributed by atoms with van der Waals surface area (Å²) in [6, 6.07) is 17.2. The number of nitrogens with one attached hydrogen (secondary N) is 1. The molecule has 3 rings (SSSR count). The van der Waals surface area contributed by atoms with Crippen LogP contribution in [0, 0.1) is 0 Å². The van der Waals surface area contributed by atoms with Crippen LogP contribution in [0.4, 0.5) is 5.69 Å². The van der Waals surface area contributed by atoms with Gasteiger partial charge in [-0.2, -0.15) is 4.98 Å². The number of hydrogen-bond donors (Lipinski definition) is 1. The van der Waals surface area contributed by atoms with Gasteiger partial charge in [0.1, 0.15) is 5.75 Å². The third-order valence-corrected chi connectivity index (χ3v) is 4.16. The smallest absolute Gasteiger partial charge is 0.246 e. The number of nitrogens with zero attached hydrogens (tertiary/aromatic N) is 3. The highest BCUT2D eigenvalue weighted by atomic mass is 32.1. The number of ether oxygens (including phenoxy) is 1. The van der Waals surface area contributed by atoms with Gasteiger partial charge < -0.3 is 19.5 Å². The van der Waals surface area contributed by atoms with Crippen LogP contribution >= 0.6 is 12.2 Å². The van der Waals surface area contributed by atoms with Gasteiger partial charge in [-0.3, -0.25) is 0 Å². The van der Waals surface area contributed by atoms with Gasteiger partial charge in [0.05, 0.1) is 13.7 Å². The number of benzene rings is 2. The normalized spacial score (nSPS) is 10.3. The van der Waals surface area contributed by atoms with E-state index >= 15 is 0 Å². The zero-order chi connectivity index (χ0) is 19.1. The first kappa shape index (κ1) is 18.6. The van der Waals surface area contributed by atoms with Gasteiger partial charge in [-0.25, -0.2) is 0 Å². The monoisotopic (exact) mass is 380 g/mol. The SMILES string of the molecule is C=CCN(Cc1nc(-c2ccc(OC)cc2)no1)C(=S)Nc1ccccc1. The maximum atomic E-state index is 5.51. The molecule has 0 bridgehead atoms. The molecule has 3 aromatic rings. The zero-order valence-corrected chi connectivity index (χ0v) is 15.8. The van der Waals surface area contributed by atoms with Crippen LogP contribution in [-0.2, 0) is 6.54 Å². The van der Waals surface area contributed by atoms with E-state index in [1.807, 2.05) is 59.5 Å². The highest BCUT2D eigenvalue weighted by Crippen LogP contribution is 2.20. The molecule has 27 heavy (non-hydrogen) atoms. The predicted octanol–water partition coefficient (Wildman–Crippen LogP) is 4.13. The largest absolute Gasteiger partial charge is 0.497 e. The molecule has 138 valence electrons. The van der Waals surface area contributed by atoms with Crippen LogP contribution in [0.15, 0.2) is 71.8 Å². The molecule has 0 saturated heterocycles. The van der Waals surface area contributed by atoms with Crippen molar-refractivity contribution in [2.24, 2.45) is 0 Å². The van der Waals surface area contributed by atoms with Gasteiger partial charge in [0, 0.05) is 17.8 Å². The van der Waals surface area contributed by atoms with Crippen LogP contribution in [0.3, 0.4) is 0 Å². The van der Waals surface area contributed by atoms with E-state index in [1.54, 1.807) is 13.2 Å². The quantitative estimate of drug-likeness (QED) is 0.488. The van der Waals surface area contributed by atoms with Gasteiger partial charge in [-0.1, -0.05) is 29.4 Å². The second kappa shape index (κ2) is 8.95. The minimum absolute atomic E-state index is 0.383. The topological polar surface area (TPSA) is 63.4 Å². The number of thiocarbonyl (C=S) groups is 1. The molecular weight excluding hydrogens is 360 g/mol. The summed E-state index contributed by atoms with van der Waals surface area (Å²) >= 11 is 5.51. The fourth-order valence-electron chi connectivity index (χ4n) is 2.44. The Morgan fingerprint density at radius 3 is 2.63 bits per heavy atom. The first-order chi connectivity index (χ1) is 13.2. The second-order valence-corrected chi connectivity index (χ2v) is 6.09. The molecule has 1 heterocycles. The lowest BCUT2D eigenvalue weighted by atomic mass is 10.2. The summed E-state index contributed by atoms with van der Waals surface area (Å²) in [5.74, 6) is 1.77. The van der Waals surface area contributed by atoms with Crippen molar-refractivity contribution in [1.82, 2.24) is 15.0 Å². The van der Waals surface area contributed by atoms with Crippen LogP contribution in [0.5, 0.6) is 5.75 Å². The standard InChI is InChI=1S/C20H20N4O2S/c1-3-13-24(20(27)21-16-7-5-4-6-8-16)14-18-22-19(23-26-18)15-9-11-17(25-2)12-10-15/h3-12H,1,13-14H2,2H3,(H,21,27). The molecule has 0 atom stereocenters. The molecule has 1 aromatic heterocycles. The minimum atomic E-state index is 0.383. The Morgan fingerprint density at radius 1 is 1.22 bits per heavy atom. The van der Waals surface area contributed by atoms with E-state index in [2.05, 4.69) is 22.0 Å². The predicted molar refractivity (Wildman–Crippen MR) is 110 cm³/mol. The van der Waals surface area contributed by atoms with Crippen molar-refractivity contribution >= 4 is 23.0 Å². The lowest BCUT2D eigenvalue weighted by molar-refractivity contribution is 0.326. The van der Waals surface area contributed by atoms with Crippen LogP contribution < -0.4 is 10.1 Å². The Labute approximate surface area is 163 Å². The summed E-state index contributed by atoms with van der Waals surface area (Å²) in [5, 5.41) is 7.82. The maximum absolute atomic E-state index is 5.51. The lowest BCUT2D eigenvalue weighted by Crippen LogP contribution is -2.34. The summed E-state index contributed by atoms with van der Waals surface area (Å²) in [6.07, 6.45) is 1.78. The number of hydrogen-bond acceptors (Lipinski definition) is 5. The van der Waals surface area contributed by atoms with Crippen molar-refractivity contribution < 1.29 is 9.26 Å². The number of rotatable bonds is 7. The summed E-state index contributed by atoms with van der Waals surface area (Å²) in [4.78, 5) is 6.37. The number of anilines is 1. The van der Waals surface area contributed by atoms with E-state index in [9.17, 15) is 0 Å². The van der Waals surface area contributed by atoms with Crippen molar-refractivity contribution in [3.63, 3.8) is 0 Å². The van der Waals surface area contributed by atoms with E-state index in [4.69, 9.17) is 21.5 Å². The Kier molecular flexibility index (Phi) is 6.17. The van der Waals surface area contributed by atoms with Gasteiger partial charge in [0.15, 0.2) is 5.11 Å². The van der Waals surface area contributed by atoms with E-state index in [-0.39, 0.29) is 0 Å². The first-order valence-electron chi connectivity index (χ1n) is 8.38. The van der Waals surface area contributed by atoms with E-state index in [1.165, 1.54) is 0 Å². The van der Waals surface area contributed by atoms with Crippen LogP contribution in [0.2, 0.25) is 0 Å². The molecule has 0 unspecified atom stereocenters. The summed E-state index contributed by atoms with van der Waals surface area (Å²) in [6.45, 7) is 4.73. The van der Waals surface area contributed by atoms with Gasteiger partial charge >= 0.3 is 0 Å². The fourth-order valence-corrected chi connectivity index (χ4v) is 2.70. The third-order valence-electron chi connectivity index (χ3n) is 3.80. The molecule has 0 aliphatic rings. The van der Waals surface area contributed by atoms with Gasteiger partial charge in [-0.15, -0.1) is 6.58 Å². The summed E-state index contributed by atoms with van der Waals surface area (Å²) < 4.78 is 10.6. The van der Waals surface area contributed by atoms with Crippen molar-refractivity contribution in [2.45, 2.75) is 6.54 Å². The molecular formula is C20H20N4O2S. The molecule has 0 aliphatic carbocycles. The molecule has 0 spiro atoms. The Bertz CT molecular complexity index is 894. The van der Waals surface area contributed by atoms with E-state index in [0.717, 1.165) is 17.0 Å². The highest BCUT2D eigenvalue weighted by molar-refractivity contribution is 7.80. The van der Waals surface area contributed by atoms with Crippen LogP contribution in [0.1, 0.15) is 5.89 Å². The van der Waals surface area contributed by atoms with Gasteiger partial charge in [0.2, 0.25) is 11.7 Å². The molecule has 7 heteroatoms. The van der Waals surface area contributed by atoms with Crippen LogP contribution in [0.25, 0.3) is 11.4 Å². The Morgan fingerprint density at radius 2 is 1.96 bits per heavy atom. The molecule has 1 N–H and O–H groups in total. The van der Waals surface area contributed by atoms with E-state index in [0.29, 0.717) is 29.9 Å². The molecule has 6 nitrogen and oxygen atoms in total. The van der Waals surface area contributed by atoms with Crippen molar-refractivity contribution in [2.75, 3.05) is 19.0 Å². The molecule has 2 aromatic carbocycles.